The highest BCUT2D eigenvalue weighted by atomic mass is 19.3. The van der Waals surface area contributed by atoms with E-state index in [1.807, 2.05) is 0 Å². The van der Waals surface area contributed by atoms with Gasteiger partial charge in [0, 0.05) is 6.20 Å². The van der Waals surface area contributed by atoms with E-state index in [2.05, 4.69) is 20.3 Å². The quantitative estimate of drug-likeness (QED) is 0.910. The summed E-state index contributed by atoms with van der Waals surface area (Å²) in [7, 11) is 0. The van der Waals surface area contributed by atoms with E-state index < -0.39 is 12.5 Å². The van der Waals surface area contributed by atoms with Gasteiger partial charge >= 0.3 is 5.92 Å². The minimum Gasteiger partial charge on any atom is -0.362 e. The van der Waals surface area contributed by atoms with Crippen LogP contribution in [0.4, 0.5) is 14.6 Å². The van der Waals surface area contributed by atoms with Crippen molar-refractivity contribution in [3.8, 4) is 6.07 Å². The normalized spacial score (nSPS) is 10.8. The first kappa shape index (κ1) is 12.8. The van der Waals surface area contributed by atoms with Gasteiger partial charge in [-0.25, -0.2) is 9.97 Å². The van der Waals surface area contributed by atoms with E-state index in [1.54, 1.807) is 12.1 Å². The van der Waals surface area contributed by atoms with E-state index in [9.17, 15) is 8.78 Å². The number of nitrogens with one attached hydrogen (secondary N) is 1. The summed E-state index contributed by atoms with van der Waals surface area (Å²) in [6.45, 7) is -0.648. The lowest BCUT2D eigenvalue weighted by molar-refractivity contribution is 0.00591. The van der Waals surface area contributed by atoms with Crippen LogP contribution in [0.5, 0.6) is 0 Å². The molecule has 0 saturated heterocycles. The largest absolute Gasteiger partial charge is 0.362 e. The number of rotatable bonds is 4. The van der Waals surface area contributed by atoms with Gasteiger partial charge in [-0.2, -0.15) is 14.0 Å². The number of halogens is 2. The topological polar surface area (TPSA) is 74.5 Å². The van der Waals surface area contributed by atoms with Crippen LogP contribution in [0.1, 0.15) is 11.4 Å². The van der Waals surface area contributed by atoms with Crippen LogP contribution in [0.25, 0.3) is 0 Å². The lowest BCUT2D eigenvalue weighted by Crippen LogP contribution is -2.26. The summed E-state index contributed by atoms with van der Waals surface area (Å²) < 4.78 is 27.5. The molecule has 0 aliphatic heterocycles. The molecule has 0 atom stereocenters. The molecule has 96 valence electrons. The zero-order chi connectivity index (χ0) is 13.7. The first-order valence-corrected chi connectivity index (χ1v) is 5.37. The summed E-state index contributed by atoms with van der Waals surface area (Å²) in [5, 5.41) is 11.0. The Hall–Kier alpha value is -2.62. The number of hydrogen-bond donors (Lipinski definition) is 1. The van der Waals surface area contributed by atoms with Crippen LogP contribution >= 0.6 is 0 Å². The van der Waals surface area contributed by atoms with E-state index in [1.165, 1.54) is 30.7 Å². The van der Waals surface area contributed by atoms with Gasteiger partial charge in [0.05, 0.1) is 18.9 Å². The molecule has 0 aromatic carbocycles. The van der Waals surface area contributed by atoms with Gasteiger partial charge in [-0.05, 0) is 12.1 Å². The van der Waals surface area contributed by atoms with Gasteiger partial charge in [-0.1, -0.05) is 6.07 Å². The van der Waals surface area contributed by atoms with Gasteiger partial charge in [-0.15, -0.1) is 0 Å². The van der Waals surface area contributed by atoms with E-state index in [4.69, 9.17) is 5.26 Å². The maximum absolute atomic E-state index is 13.8. The summed E-state index contributed by atoms with van der Waals surface area (Å²) in [6.07, 6.45) is 3.75. The van der Waals surface area contributed by atoms with Crippen molar-refractivity contribution in [1.29, 1.82) is 5.26 Å². The summed E-state index contributed by atoms with van der Waals surface area (Å²) in [5.41, 5.74) is -0.189. The highest BCUT2D eigenvalue weighted by Crippen LogP contribution is 2.25. The van der Waals surface area contributed by atoms with Gasteiger partial charge in [0.2, 0.25) is 0 Å². The number of nitriles is 1. The fourth-order valence-corrected chi connectivity index (χ4v) is 1.35. The summed E-state index contributed by atoms with van der Waals surface area (Å²) in [5.74, 6) is -2.94. The molecule has 7 heteroatoms. The van der Waals surface area contributed by atoms with Crippen LogP contribution in [-0.4, -0.2) is 21.5 Å². The third-order valence-corrected chi connectivity index (χ3v) is 2.30. The Morgan fingerprint density at radius 3 is 2.63 bits per heavy atom. The molecule has 0 saturated carbocycles. The van der Waals surface area contributed by atoms with Crippen LogP contribution in [0.15, 0.2) is 36.8 Å². The van der Waals surface area contributed by atoms with Crippen molar-refractivity contribution in [2.75, 3.05) is 11.9 Å². The van der Waals surface area contributed by atoms with E-state index in [-0.39, 0.29) is 17.2 Å². The molecule has 0 spiro atoms. The van der Waals surface area contributed by atoms with Gasteiger partial charge in [0.15, 0.2) is 5.69 Å². The van der Waals surface area contributed by atoms with E-state index in [0.717, 1.165) is 0 Å². The van der Waals surface area contributed by atoms with Crippen LogP contribution < -0.4 is 5.32 Å². The van der Waals surface area contributed by atoms with Crippen LogP contribution in [0, 0.1) is 11.3 Å². The molecule has 5 nitrogen and oxygen atoms in total. The zero-order valence-corrected chi connectivity index (χ0v) is 9.72. The molecule has 0 fully saturated rings. The third kappa shape index (κ3) is 3.19. The Morgan fingerprint density at radius 2 is 2.05 bits per heavy atom. The number of hydrogen-bond acceptors (Lipinski definition) is 5. The van der Waals surface area contributed by atoms with Crippen molar-refractivity contribution in [2.24, 2.45) is 0 Å². The molecule has 0 aliphatic carbocycles. The molecule has 1 N–H and O–H groups in total. The number of alkyl halides is 2. The molecule has 0 bridgehead atoms. The molecule has 2 heterocycles. The molecule has 0 radical (unpaired) electrons. The molecule has 0 aliphatic rings. The maximum atomic E-state index is 13.8. The number of aromatic nitrogens is 3. The minimum atomic E-state index is -3.11. The molecule has 2 aromatic heterocycles. The van der Waals surface area contributed by atoms with E-state index >= 15 is 0 Å². The van der Waals surface area contributed by atoms with Crippen molar-refractivity contribution in [3.05, 3.63) is 48.2 Å². The summed E-state index contributed by atoms with van der Waals surface area (Å²) in [4.78, 5) is 11.1. The van der Waals surface area contributed by atoms with Crippen LogP contribution in [0.3, 0.4) is 0 Å². The number of pyridine rings is 1. The predicted octanol–water partition coefficient (Wildman–Crippen LogP) is 1.95. The molecule has 2 rings (SSSR count). The molecule has 2 aromatic rings. The minimum absolute atomic E-state index is 0.127. The van der Waals surface area contributed by atoms with Crippen LogP contribution in [0.2, 0.25) is 0 Å². The molecular weight excluding hydrogens is 252 g/mol. The molecule has 0 amide bonds. The highest BCUT2D eigenvalue weighted by molar-refractivity contribution is 5.34. The van der Waals surface area contributed by atoms with Crippen molar-refractivity contribution in [2.45, 2.75) is 5.92 Å². The van der Waals surface area contributed by atoms with Gasteiger partial charge in [0.1, 0.15) is 17.6 Å². The first-order valence-electron chi connectivity index (χ1n) is 5.37. The first-order chi connectivity index (χ1) is 9.12. The fraction of sp³-hybridized carbons (Fsp3) is 0.167. The van der Waals surface area contributed by atoms with Gasteiger partial charge < -0.3 is 5.32 Å². The zero-order valence-electron chi connectivity index (χ0n) is 9.72. The second-order valence-corrected chi connectivity index (χ2v) is 3.67. The SMILES string of the molecule is N#Cc1cnc(NCC(F)(F)c2ccccn2)cn1. The highest BCUT2D eigenvalue weighted by Gasteiger charge is 2.32. The van der Waals surface area contributed by atoms with Crippen molar-refractivity contribution < 1.29 is 8.78 Å². The second-order valence-electron chi connectivity index (χ2n) is 3.67. The monoisotopic (exact) mass is 261 g/mol. The Balaban J connectivity index is 2.03. The van der Waals surface area contributed by atoms with Crippen molar-refractivity contribution >= 4 is 5.82 Å². The number of nitrogens with zero attached hydrogens (tertiary/aromatic N) is 4. The van der Waals surface area contributed by atoms with Gasteiger partial charge in [-0.3, -0.25) is 4.98 Å². The smallest absolute Gasteiger partial charge is 0.306 e. The second kappa shape index (κ2) is 5.35. The van der Waals surface area contributed by atoms with Gasteiger partial charge in [0.25, 0.3) is 0 Å². The lowest BCUT2D eigenvalue weighted by atomic mass is 10.2. The summed E-state index contributed by atoms with van der Waals surface area (Å²) in [6, 6.07) is 6.12. The Kier molecular flexibility index (Phi) is 3.61. The number of anilines is 1. The fourth-order valence-electron chi connectivity index (χ4n) is 1.35. The Morgan fingerprint density at radius 1 is 1.21 bits per heavy atom. The average molecular weight is 261 g/mol. The van der Waals surface area contributed by atoms with Crippen molar-refractivity contribution in [1.82, 2.24) is 15.0 Å². The molecule has 19 heavy (non-hydrogen) atoms. The predicted molar refractivity (Wildman–Crippen MR) is 63.4 cm³/mol. The Bertz CT molecular complexity index is 577. The maximum Gasteiger partial charge on any atom is 0.306 e. The third-order valence-electron chi connectivity index (χ3n) is 2.30. The summed E-state index contributed by atoms with van der Waals surface area (Å²) >= 11 is 0. The van der Waals surface area contributed by atoms with Crippen LogP contribution in [-0.2, 0) is 5.92 Å². The lowest BCUT2D eigenvalue weighted by Gasteiger charge is -2.16. The van der Waals surface area contributed by atoms with E-state index in [0.29, 0.717) is 0 Å². The standard InChI is InChI=1S/C12H9F2N5/c13-12(14,10-3-1-2-4-16-10)8-19-11-7-17-9(5-15)6-18-11/h1-4,6-7H,8H2,(H,18,19). The average Bonchev–Trinajstić information content (AvgIpc) is 2.47. The van der Waals surface area contributed by atoms with Crippen molar-refractivity contribution in [3.63, 3.8) is 0 Å². The molecular formula is C12H9F2N5. The molecule has 0 unspecified atom stereocenters. The Labute approximate surface area is 108 Å².